The van der Waals surface area contributed by atoms with Crippen LogP contribution in [0.1, 0.15) is 156 Å². The molecule has 0 saturated carbocycles. The first-order valence-electron chi connectivity index (χ1n) is 23.2. The second kappa shape index (κ2) is 60.3. The Balaban J connectivity index is -0.000000430. The van der Waals surface area contributed by atoms with Gasteiger partial charge >= 0.3 is 11.9 Å². The van der Waals surface area contributed by atoms with Crippen LogP contribution in [0.15, 0.2) is 0 Å². The predicted octanol–water partition coefficient (Wildman–Crippen LogP) is 6.56. The summed E-state index contributed by atoms with van der Waals surface area (Å²) in [5.41, 5.74) is 0. The molecule has 368 valence electrons. The maximum absolute atomic E-state index is 11.5. The summed E-state index contributed by atoms with van der Waals surface area (Å²) in [7, 11) is 1.86. The number of hydrogen-bond acceptors (Lipinski definition) is 12. The second-order valence-electron chi connectivity index (χ2n) is 14.4. The minimum Gasteiger partial charge on any atom is -0.481 e. The number of thioether (sulfide) groups is 1. The van der Waals surface area contributed by atoms with E-state index in [1.54, 1.807) is 11.8 Å². The van der Waals surface area contributed by atoms with Crippen molar-refractivity contribution in [1.29, 1.82) is 0 Å². The number of aldehydes is 1. The fourth-order valence-corrected chi connectivity index (χ4v) is 5.43. The van der Waals surface area contributed by atoms with E-state index in [9.17, 15) is 28.8 Å². The Morgan fingerprint density at radius 2 is 0.935 bits per heavy atom. The number of hydrogen-bond donors (Lipinski definition) is 6. The van der Waals surface area contributed by atoms with Gasteiger partial charge < -0.3 is 55.2 Å². The molecule has 16 nitrogen and oxygen atoms in total. The van der Waals surface area contributed by atoms with Crippen molar-refractivity contribution in [2.75, 3.05) is 98.1 Å². The smallest absolute Gasteiger partial charge is 0.322 e. The number of likely N-dealkylation sites (N-methyl/N-ethyl adjacent to an activating group) is 1. The molecular weight excluding hydrogens is 821 g/mol. The van der Waals surface area contributed by atoms with Gasteiger partial charge in [0.15, 0.2) is 0 Å². The Morgan fingerprint density at radius 1 is 0.500 bits per heavy atom. The van der Waals surface area contributed by atoms with E-state index in [1.807, 2.05) is 20.2 Å². The number of rotatable bonds is 42. The van der Waals surface area contributed by atoms with Crippen LogP contribution in [0.5, 0.6) is 0 Å². The Kier molecular flexibility index (Phi) is 63.9. The molecule has 0 fully saturated rings. The van der Waals surface area contributed by atoms with Crippen molar-refractivity contribution >= 4 is 47.7 Å². The maximum Gasteiger partial charge on any atom is 0.322 e. The second-order valence-corrected chi connectivity index (χ2v) is 15.4. The lowest BCUT2D eigenvalue weighted by atomic mass is 10.0. The minimum atomic E-state index is -0.986. The molecule has 0 aliphatic rings. The predicted molar refractivity (Wildman–Crippen MR) is 250 cm³/mol. The van der Waals surface area contributed by atoms with Gasteiger partial charge in [-0.05, 0) is 38.3 Å². The van der Waals surface area contributed by atoms with Crippen LogP contribution in [-0.4, -0.2) is 144 Å². The highest BCUT2D eigenvalue weighted by atomic mass is 32.2. The zero-order valence-corrected chi connectivity index (χ0v) is 40.3. The summed E-state index contributed by atoms with van der Waals surface area (Å²) in [5.74, 6) is -1.18. The molecule has 0 atom stereocenters. The van der Waals surface area contributed by atoms with E-state index in [4.69, 9.17) is 29.2 Å². The Bertz CT molecular complexity index is 999. The Morgan fingerprint density at radius 3 is 1.35 bits per heavy atom. The molecular formula is C45H90N4O12S. The van der Waals surface area contributed by atoms with Crippen LogP contribution < -0.4 is 21.3 Å². The van der Waals surface area contributed by atoms with E-state index in [-0.39, 0.29) is 37.5 Å². The van der Waals surface area contributed by atoms with Gasteiger partial charge in [0.25, 0.3) is 0 Å². The summed E-state index contributed by atoms with van der Waals surface area (Å²) in [5, 5.41) is 27.4. The third-order valence-electron chi connectivity index (χ3n) is 8.48. The average Bonchev–Trinajstić information content (AvgIpc) is 3.25. The normalized spacial score (nSPS) is 10.2. The van der Waals surface area contributed by atoms with Crippen LogP contribution in [0.3, 0.4) is 0 Å². The molecule has 0 aromatic carbocycles. The number of carbonyl (C=O) groups excluding carboxylic acids is 4. The van der Waals surface area contributed by atoms with Gasteiger partial charge in [-0.15, -0.1) is 0 Å². The molecule has 0 unspecified atom stereocenters. The highest BCUT2D eigenvalue weighted by Crippen LogP contribution is 2.13. The highest BCUT2D eigenvalue weighted by molar-refractivity contribution is 7.98. The highest BCUT2D eigenvalue weighted by Gasteiger charge is 2.04. The van der Waals surface area contributed by atoms with Gasteiger partial charge in [0, 0.05) is 38.9 Å². The van der Waals surface area contributed by atoms with E-state index in [1.165, 1.54) is 83.5 Å². The SMILES string of the molecule is CCC=O.CCCCCCCCCCCCCCCCCC(=O)NCC(=O)O.CCCCNC(=O)COCCOCCNC(=O)COCCOCCNC.CSCCCC(=O)O. The third kappa shape index (κ3) is 71.7. The van der Waals surface area contributed by atoms with Crippen LogP contribution in [-0.2, 0) is 47.7 Å². The van der Waals surface area contributed by atoms with E-state index < -0.39 is 11.9 Å². The summed E-state index contributed by atoms with van der Waals surface area (Å²) in [6.07, 6.45) is 26.6. The molecule has 3 amide bonds. The average molecular weight is 911 g/mol. The van der Waals surface area contributed by atoms with Crippen molar-refractivity contribution in [3.8, 4) is 0 Å². The maximum atomic E-state index is 11.5. The molecule has 0 aliphatic heterocycles. The van der Waals surface area contributed by atoms with E-state index in [0.717, 1.165) is 50.7 Å². The fraction of sp³-hybridized carbons (Fsp3) is 0.867. The molecule has 0 bridgehead atoms. The lowest BCUT2D eigenvalue weighted by Gasteiger charge is -2.08. The van der Waals surface area contributed by atoms with Gasteiger partial charge in [-0.1, -0.05) is 117 Å². The monoisotopic (exact) mass is 911 g/mol. The van der Waals surface area contributed by atoms with E-state index in [0.29, 0.717) is 72.0 Å². The number of ether oxygens (including phenoxy) is 4. The van der Waals surface area contributed by atoms with Gasteiger partial charge in [0.05, 0.1) is 39.6 Å². The topological polar surface area (TPSA) is 228 Å². The molecule has 0 spiro atoms. The lowest BCUT2D eigenvalue weighted by molar-refractivity contribution is -0.138. The van der Waals surface area contributed by atoms with Crippen molar-refractivity contribution in [3.63, 3.8) is 0 Å². The van der Waals surface area contributed by atoms with Crippen molar-refractivity contribution in [1.82, 2.24) is 21.3 Å². The fourth-order valence-electron chi connectivity index (χ4n) is 5.00. The third-order valence-corrected chi connectivity index (χ3v) is 9.17. The number of carboxylic acids is 2. The summed E-state index contributed by atoms with van der Waals surface area (Å²) >= 11 is 1.68. The van der Waals surface area contributed by atoms with Gasteiger partial charge in [0.1, 0.15) is 26.0 Å². The minimum absolute atomic E-state index is 0.00560. The number of nitrogens with one attached hydrogen (secondary N) is 4. The summed E-state index contributed by atoms with van der Waals surface area (Å²) in [6, 6.07) is 0. The lowest BCUT2D eigenvalue weighted by Crippen LogP contribution is -2.31. The van der Waals surface area contributed by atoms with Crippen molar-refractivity contribution in [2.24, 2.45) is 0 Å². The number of aliphatic carboxylic acids is 2. The molecule has 62 heavy (non-hydrogen) atoms. The Labute approximate surface area is 379 Å². The van der Waals surface area contributed by atoms with Gasteiger partial charge in [-0.2, -0.15) is 11.8 Å². The zero-order chi connectivity index (χ0) is 47.0. The number of unbranched alkanes of at least 4 members (excludes halogenated alkanes) is 15. The van der Waals surface area contributed by atoms with Gasteiger partial charge in [-0.25, -0.2) is 0 Å². The van der Waals surface area contributed by atoms with Crippen LogP contribution >= 0.6 is 11.8 Å². The first-order valence-corrected chi connectivity index (χ1v) is 24.6. The number of carboxylic acid groups (broad SMARTS) is 2. The quantitative estimate of drug-likeness (QED) is 0.0282. The van der Waals surface area contributed by atoms with Crippen LogP contribution in [0.25, 0.3) is 0 Å². The molecule has 6 N–H and O–H groups in total. The van der Waals surface area contributed by atoms with E-state index in [2.05, 4.69) is 35.1 Å². The molecule has 0 aromatic rings. The van der Waals surface area contributed by atoms with Crippen LogP contribution in [0.4, 0.5) is 0 Å². The molecule has 0 rings (SSSR count). The standard InChI is InChI=1S/C20H39NO3.C17H35N3O6.C5H10O2S.C3H6O/c1-2-3-4-5-6-7-8-9-10-11-12-13-14-15-16-17-19(22)21-18-20(23)24;1-3-4-5-19-16(21)14-25-13-11-24-9-7-20-17(22)15-26-12-10-23-8-6-18-2;1-8-4-2-3-5(6)7;1-2-3-4/h2-18H2,1H3,(H,21,22)(H,23,24);18H,3-15H2,1-2H3,(H,19,21)(H,20,22);2-4H2,1H3,(H,6,7);3H,2H2,1H3. The molecule has 0 heterocycles. The van der Waals surface area contributed by atoms with Crippen molar-refractivity contribution < 1.29 is 57.9 Å². The molecule has 0 aliphatic carbocycles. The molecule has 0 radical (unpaired) electrons. The molecule has 17 heteroatoms. The number of amides is 3. The summed E-state index contributed by atoms with van der Waals surface area (Å²) in [4.78, 5) is 63.5. The first kappa shape index (κ1) is 65.8. The van der Waals surface area contributed by atoms with E-state index >= 15 is 0 Å². The van der Waals surface area contributed by atoms with Crippen LogP contribution in [0, 0.1) is 0 Å². The van der Waals surface area contributed by atoms with Crippen molar-refractivity contribution in [2.45, 2.75) is 156 Å². The zero-order valence-electron chi connectivity index (χ0n) is 39.5. The van der Waals surface area contributed by atoms with Gasteiger partial charge in [-0.3, -0.25) is 24.0 Å². The molecule has 0 aromatic heterocycles. The summed E-state index contributed by atoms with van der Waals surface area (Å²) < 4.78 is 21.0. The van der Waals surface area contributed by atoms with Crippen molar-refractivity contribution in [3.05, 3.63) is 0 Å². The number of carbonyl (C=O) groups is 6. The Hall–Kier alpha value is -2.83. The summed E-state index contributed by atoms with van der Waals surface area (Å²) in [6.45, 7) is 10.4. The van der Waals surface area contributed by atoms with Crippen LogP contribution in [0.2, 0.25) is 0 Å². The first-order chi connectivity index (χ1) is 30.1. The van der Waals surface area contributed by atoms with Gasteiger partial charge in [0.2, 0.25) is 17.7 Å². The molecule has 0 saturated heterocycles. The largest absolute Gasteiger partial charge is 0.481 e.